The number of hydrogen-bond donors (Lipinski definition) is 1. The number of hydrogen-bond acceptors (Lipinski definition) is 3. The minimum atomic E-state index is -1.71. The van der Waals surface area contributed by atoms with Crippen LogP contribution in [0.4, 0.5) is 13.2 Å². The predicted molar refractivity (Wildman–Crippen MR) is 110 cm³/mol. The van der Waals surface area contributed by atoms with Crippen LogP contribution in [0.2, 0.25) is 0 Å². The van der Waals surface area contributed by atoms with Crippen molar-refractivity contribution in [2.75, 3.05) is 0 Å². The molecule has 2 heterocycles. The van der Waals surface area contributed by atoms with Gasteiger partial charge in [-0.15, -0.1) is 0 Å². The van der Waals surface area contributed by atoms with E-state index in [4.69, 9.17) is 0 Å². The van der Waals surface area contributed by atoms with Crippen LogP contribution in [0, 0.1) is 17.5 Å². The van der Waals surface area contributed by atoms with Crippen LogP contribution in [0.3, 0.4) is 0 Å². The fourth-order valence-electron chi connectivity index (χ4n) is 3.39. The van der Waals surface area contributed by atoms with Crippen LogP contribution in [-0.4, -0.2) is 24.4 Å². The molecule has 1 atom stereocenters. The van der Waals surface area contributed by atoms with Crippen LogP contribution in [0.25, 0.3) is 12.2 Å². The van der Waals surface area contributed by atoms with Gasteiger partial charge in [0.1, 0.15) is 35.7 Å². The molecule has 0 fully saturated rings. The van der Waals surface area contributed by atoms with E-state index in [-0.39, 0.29) is 24.5 Å². The van der Waals surface area contributed by atoms with Gasteiger partial charge in [0.15, 0.2) is 0 Å². The van der Waals surface area contributed by atoms with Crippen LogP contribution >= 0.6 is 0 Å². The number of rotatable bonds is 7. The standard InChI is InChI=1S/C23H19F3N4O/c24-19-5-3-17(4-6-19)1-2-18-9-10-29(12-18)13-23(31,14-30-16-27-15-28-30)21-8-7-20(25)11-22(21)26/h1-12,15-16,31H,13-14H2. The van der Waals surface area contributed by atoms with Crippen LogP contribution < -0.4 is 0 Å². The Labute approximate surface area is 176 Å². The van der Waals surface area contributed by atoms with Gasteiger partial charge < -0.3 is 9.67 Å². The lowest BCUT2D eigenvalue weighted by Crippen LogP contribution is -2.37. The summed E-state index contributed by atoms with van der Waals surface area (Å²) in [6.07, 6.45) is 9.94. The van der Waals surface area contributed by atoms with E-state index in [1.807, 2.05) is 18.2 Å². The summed E-state index contributed by atoms with van der Waals surface area (Å²) in [4.78, 5) is 3.85. The Morgan fingerprint density at radius 2 is 1.65 bits per heavy atom. The Kier molecular flexibility index (Phi) is 5.73. The molecule has 8 heteroatoms. The van der Waals surface area contributed by atoms with Gasteiger partial charge in [-0.25, -0.2) is 22.8 Å². The van der Waals surface area contributed by atoms with Crippen LogP contribution in [0.15, 0.2) is 73.6 Å². The maximum Gasteiger partial charge on any atom is 0.137 e. The third-order valence-electron chi connectivity index (χ3n) is 4.88. The van der Waals surface area contributed by atoms with Crippen molar-refractivity contribution in [1.82, 2.24) is 19.3 Å². The summed E-state index contributed by atoms with van der Waals surface area (Å²) >= 11 is 0. The van der Waals surface area contributed by atoms with Crippen molar-refractivity contribution < 1.29 is 18.3 Å². The van der Waals surface area contributed by atoms with Gasteiger partial charge in [-0.1, -0.05) is 30.4 Å². The van der Waals surface area contributed by atoms with E-state index in [2.05, 4.69) is 10.1 Å². The molecule has 2 aromatic heterocycles. The third-order valence-corrected chi connectivity index (χ3v) is 4.88. The summed E-state index contributed by atoms with van der Waals surface area (Å²) in [5.74, 6) is -1.87. The lowest BCUT2D eigenvalue weighted by Gasteiger charge is -2.29. The second-order valence-electron chi connectivity index (χ2n) is 7.25. The van der Waals surface area contributed by atoms with Crippen molar-refractivity contribution in [2.45, 2.75) is 18.7 Å². The Hall–Kier alpha value is -3.65. The minimum absolute atomic E-state index is 0.000198. The molecule has 0 aliphatic carbocycles. The zero-order valence-electron chi connectivity index (χ0n) is 16.4. The third kappa shape index (κ3) is 4.92. The second kappa shape index (κ2) is 8.61. The number of halogens is 3. The molecule has 0 bridgehead atoms. The lowest BCUT2D eigenvalue weighted by molar-refractivity contribution is -0.00534. The summed E-state index contributed by atoms with van der Waals surface area (Å²) in [5.41, 5.74) is -0.0682. The van der Waals surface area contributed by atoms with Gasteiger partial charge in [0, 0.05) is 24.0 Å². The summed E-state index contributed by atoms with van der Waals surface area (Å²) in [6, 6.07) is 11.0. The van der Waals surface area contributed by atoms with Crippen molar-refractivity contribution in [3.63, 3.8) is 0 Å². The molecular weight excluding hydrogens is 405 g/mol. The molecule has 158 valence electrons. The molecule has 1 N–H and O–H groups in total. The quantitative estimate of drug-likeness (QED) is 0.483. The van der Waals surface area contributed by atoms with Crippen molar-refractivity contribution >= 4 is 12.2 Å². The largest absolute Gasteiger partial charge is 0.381 e. The van der Waals surface area contributed by atoms with Crippen molar-refractivity contribution in [2.24, 2.45) is 0 Å². The predicted octanol–water partition coefficient (Wildman–Crippen LogP) is 4.26. The zero-order chi connectivity index (χ0) is 21.8. The molecule has 0 amide bonds. The summed E-state index contributed by atoms with van der Waals surface area (Å²) in [6.45, 7) is -0.0751. The molecule has 0 aliphatic rings. The van der Waals surface area contributed by atoms with Gasteiger partial charge in [0.25, 0.3) is 0 Å². The lowest BCUT2D eigenvalue weighted by atomic mass is 9.92. The van der Waals surface area contributed by atoms with Crippen LogP contribution in [0.1, 0.15) is 16.7 Å². The van der Waals surface area contributed by atoms with Crippen molar-refractivity contribution in [3.8, 4) is 0 Å². The fraction of sp³-hybridized carbons (Fsp3) is 0.130. The van der Waals surface area contributed by atoms with E-state index in [1.165, 1.54) is 35.5 Å². The zero-order valence-corrected chi connectivity index (χ0v) is 16.4. The number of nitrogens with zero attached hydrogens (tertiary/aromatic N) is 4. The molecule has 0 saturated heterocycles. The van der Waals surface area contributed by atoms with E-state index in [0.717, 1.165) is 23.3 Å². The van der Waals surface area contributed by atoms with Gasteiger partial charge in [-0.3, -0.25) is 0 Å². The van der Waals surface area contributed by atoms with Crippen molar-refractivity contribution in [1.29, 1.82) is 0 Å². The Bertz CT molecular complexity index is 1190. The highest BCUT2D eigenvalue weighted by Crippen LogP contribution is 2.29. The molecule has 0 aliphatic heterocycles. The molecule has 0 radical (unpaired) electrons. The average Bonchev–Trinajstić information content (AvgIpc) is 3.39. The topological polar surface area (TPSA) is 55.9 Å². The molecule has 1 unspecified atom stereocenters. The first-order valence-corrected chi connectivity index (χ1v) is 9.51. The van der Waals surface area contributed by atoms with Gasteiger partial charge in [0.05, 0.1) is 13.1 Å². The molecule has 5 nitrogen and oxygen atoms in total. The average molecular weight is 424 g/mol. The monoisotopic (exact) mass is 424 g/mol. The van der Waals surface area contributed by atoms with Crippen LogP contribution in [0.5, 0.6) is 0 Å². The first-order chi connectivity index (χ1) is 14.9. The summed E-state index contributed by atoms with van der Waals surface area (Å²) in [7, 11) is 0. The molecule has 31 heavy (non-hydrogen) atoms. The normalized spacial score (nSPS) is 13.5. The number of aliphatic hydroxyl groups is 1. The van der Waals surface area contributed by atoms with Gasteiger partial charge in [0.2, 0.25) is 0 Å². The molecular formula is C23H19F3N4O. The van der Waals surface area contributed by atoms with Gasteiger partial charge in [-0.2, -0.15) is 5.10 Å². The smallest absolute Gasteiger partial charge is 0.137 e. The molecule has 0 spiro atoms. The fourth-order valence-corrected chi connectivity index (χ4v) is 3.39. The molecule has 4 rings (SSSR count). The number of benzene rings is 2. The minimum Gasteiger partial charge on any atom is -0.381 e. The van der Waals surface area contributed by atoms with E-state index < -0.39 is 17.2 Å². The Morgan fingerprint density at radius 1 is 0.903 bits per heavy atom. The summed E-state index contributed by atoms with van der Waals surface area (Å²) in [5, 5.41) is 15.4. The number of aromatic nitrogens is 4. The maximum absolute atomic E-state index is 14.5. The highest BCUT2D eigenvalue weighted by Gasteiger charge is 2.34. The molecule has 2 aromatic carbocycles. The van der Waals surface area contributed by atoms with Crippen LogP contribution in [-0.2, 0) is 18.7 Å². The van der Waals surface area contributed by atoms with E-state index >= 15 is 0 Å². The summed E-state index contributed by atoms with van der Waals surface area (Å²) < 4.78 is 44.1. The Morgan fingerprint density at radius 3 is 2.35 bits per heavy atom. The highest BCUT2D eigenvalue weighted by molar-refractivity contribution is 5.69. The second-order valence-corrected chi connectivity index (χ2v) is 7.25. The first-order valence-electron chi connectivity index (χ1n) is 9.51. The van der Waals surface area contributed by atoms with Gasteiger partial charge in [-0.05, 0) is 35.4 Å². The first kappa shape index (κ1) is 20.6. The Balaban J connectivity index is 1.59. The molecule has 4 aromatic rings. The van der Waals surface area contributed by atoms with Crippen molar-refractivity contribution in [3.05, 3.63) is 108 Å². The van der Waals surface area contributed by atoms with E-state index in [9.17, 15) is 18.3 Å². The maximum atomic E-state index is 14.5. The SMILES string of the molecule is OC(Cn1ccc(C=Cc2ccc(F)cc2)c1)(Cn1cncn1)c1ccc(F)cc1F. The van der Waals surface area contributed by atoms with E-state index in [1.54, 1.807) is 29.1 Å². The van der Waals surface area contributed by atoms with E-state index in [0.29, 0.717) is 0 Å². The highest BCUT2D eigenvalue weighted by atomic mass is 19.1. The molecule has 0 saturated carbocycles. The van der Waals surface area contributed by atoms with Gasteiger partial charge >= 0.3 is 0 Å².